The number of benzene rings is 2. The van der Waals surface area contributed by atoms with Crippen LogP contribution < -0.4 is 5.73 Å². The molecule has 3 nitrogen and oxygen atoms in total. The van der Waals surface area contributed by atoms with Crippen LogP contribution in [0.2, 0.25) is 0 Å². The molecule has 0 bridgehead atoms. The third-order valence-corrected chi connectivity index (χ3v) is 3.31. The zero-order valence-electron chi connectivity index (χ0n) is 11.4. The van der Waals surface area contributed by atoms with Gasteiger partial charge in [0.2, 0.25) is 0 Å². The highest BCUT2D eigenvalue weighted by Crippen LogP contribution is 2.31. The fourth-order valence-electron chi connectivity index (χ4n) is 2.11. The maximum atomic E-state index is 12.5. The Bertz CT molecular complexity index is 772. The SMILES string of the molecule is Nc1ccc(-c2cc(-c3ccc(C(F)(F)F)cc3)[nH]n2)cc1. The Balaban J connectivity index is 1.89. The van der Waals surface area contributed by atoms with Crippen LogP contribution in [0.25, 0.3) is 22.5 Å². The Hall–Kier alpha value is -2.76. The number of halogens is 3. The molecular formula is C16H12F3N3. The molecule has 3 N–H and O–H groups in total. The monoisotopic (exact) mass is 303 g/mol. The summed E-state index contributed by atoms with van der Waals surface area (Å²) in [5, 5.41) is 7.01. The van der Waals surface area contributed by atoms with Crippen LogP contribution in [0.4, 0.5) is 18.9 Å². The largest absolute Gasteiger partial charge is 0.416 e. The minimum atomic E-state index is -4.33. The molecule has 0 spiro atoms. The van der Waals surface area contributed by atoms with Gasteiger partial charge in [-0.2, -0.15) is 18.3 Å². The van der Waals surface area contributed by atoms with Gasteiger partial charge in [0.15, 0.2) is 0 Å². The third kappa shape index (κ3) is 2.81. The van der Waals surface area contributed by atoms with Crippen molar-refractivity contribution in [3.05, 3.63) is 60.2 Å². The Morgan fingerprint density at radius 3 is 2.05 bits per heavy atom. The van der Waals surface area contributed by atoms with Crippen molar-refractivity contribution < 1.29 is 13.2 Å². The van der Waals surface area contributed by atoms with E-state index in [-0.39, 0.29) is 0 Å². The van der Waals surface area contributed by atoms with Crippen LogP contribution in [-0.4, -0.2) is 10.2 Å². The van der Waals surface area contributed by atoms with E-state index in [0.717, 1.165) is 17.7 Å². The molecule has 0 amide bonds. The topological polar surface area (TPSA) is 54.7 Å². The predicted molar refractivity (Wildman–Crippen MR) is 78.9 cm³/mol. The summed E-state index contributed by atoms with van der Waals surface area (Å²) in [5.74, 6) is 0. The predicted octanol–water partition coefficient (Wildman–Crippen LogP) is 4.34. The molecular weight excluding hydrogens is 291 g/mol. The first kappa shape index (κ1) is 14.2. The minimum Gasteiger partial charge on any atom is -0.399 e. The van der Waals surface area contributed by atoms with Crippen LogP contribution in [0.15, 0.2) is 54.6 Å². The number of rotatable bonds is 2. The quantitative estimate of drug-likeness (QED) is 0.692. The molecule has 0 radical (unpaired) electrons. The van der Waals surface area contributed by atoms with Crippen molar-refractivity contribution in [2.45, 2.75) is 6.18 Å². The van der Waals surface area contributed by atoms with E-state index < -0.39 is 11.7 Å². The van der Waals surface area contributed by atoms with Crippen molar-refractivity contribution in [2.75, 3.05) is 5.73 Å². The van der Waals surface area contributed by atoms with Crippen LogP contribution in [0.5, 0.6) is 0 Å². The van der Waals surface area contributed by atoms with Gasteiger partial charge in [-0.05, 0) is 35.9 Å². The first-order valence-electron chi connectivity index (χ1n) is 6.52. The number of aromatic amines is 1. The summed E-state index contributed by atoms with van der Waals surface area (Å²) in [6, 6.07) is 13.9. The number of nitrogen functional groups attached to an aromatic ring is 1. The molecule has 0 saturated carbocycles. The first-order valence-corrected chi connectivity index (χ1v) is 6.52. The van der Waals surface area contributed by atoms with E-state index in [1.807, 2.05) is 12.1 Å². The Morgan fingerprint density at radius 2 is 1.45 bits per heavy atom. The molecule has 0 unspecified atom stereocenters. The highest BCUT2D eigenvalue weighted by Gasteiger charge is 2.30. The Morgan fingerprint density at radius 1 is 0.864 bits per heavy atom. The van der Waals surface area contributed by atoms with E-state index >= 15 is 0 Å². The number of nitrogens with zero attached hydrogens (tertiary/aromatic N) is 1. The normalized spacial score (nSPS) is 11.6. The van der Waals surface area contributed by atoms with Crippen molar-refractivity contribution in [2.24, 2.45) is 0 Å². The molecule has 22 heavy (non-hydrogen) atoms. The van der Waals surface area contributed by atoms with Gasteiger partial charge in [-0.3, -0.25) is 5.10 Å². The third-order valence-electron chi connectivity index (χ3n) is 3.31. The number of H-pyrrole nitrogens is 1. The number of hydrogen-bond acceptors (Lipinski definition) is 2. The van der Waals surface area contributed by atoms with Gasteiger partial charge in [-0.1, -0.05) is 24.3 Å². The number of hydrogen-bond donors (Lipinski definition) is 2. The summed E-state index contributed by atoms with van der Waals surface area (Å²) in [6.07, 6.45) is -4.33. The lowest BCUT2D eigenvalue weighted by atomic mass is 10.1. The first-order chi connectivity index (χ1) is 10.4. The number of alkyl halides is 3. The van der Waals surface area contributed by atoms with E-state index in [4.69, 9.17) is 5.73 Å². The highest BCUT2D eigenvalue weighted by molar-refractivity contribution is 5.69. The van der Waals surface area contributed by atoms with Gasteiger partial charge >= 0.3 is 6.18 Å². The molecule has 0 atom stereocenters. The highest BCUT2D eigenvalue weighted by atomic mass is 19.4. The molecule has 3 aromatic rings. The van der Waals surface area contributed by atoms with Crippen molar-refractivity contribution in [3.8, 4) is 22.5 Å². The van der Waals surface area contributed by atoms with Crippen LogP contribution in [0.1, 0.15) is 5.56 Å². The molecule has 3 rings (SSSR count). The average molecular weight is 303 g/mol. The summed E-state index contributed by atoms with van der Waals surface area (Å²) in [5.41, 5.74) is 8.49. The van der Waals surface area contributed by atoms with E-state index in [1.165, 1.54) is 12.1 Å². The zero-order chi connectivity index (χ0) is 15.7. The molecule has 6 heteroatoms. The number of aromatic nitrogens is 2. The van der Waals surface area contributed by atoms with Gasteiger partial charge in [0.05, 0.1) is 17.0 Å². The van der Waals surface area contributed by atoms with Crippen molar-refractivity contribution in [1.82, 2.24) is 10.2 Å². The zero-order valence-corrected chi connectivity index (χ0v) is 11.4. The molecule has 0 aliphatic rings. The molecule has 0 saturated heterocycles. The van der Waals surface area contributed by atoms with Crippen LogP contribution >= 0.6 is 0 Å². The summed E-state index contributed by atoms with van der Waals surface area (Å²) < 4.78 is 37.6. The van der Waals surface area contributed by atoms with Gasteiger partial charge in [0.25, 0.3) is 0 Å². The summed E-state index contributed by atoms with van der Waals surface area (Å²) in [6.45, 7) is 0. The molecule has 0 aliphatic heterocycles. The van der Waals surface area contributed by atoms with Gasteiger partial charge in [-0.15, -0.1) is 0 Å². The van der Waals surface area contributed by atoms with Crippen LogP contribution in [-0.2, 0) is 6.18 Å². The van der Waals surface area contributed by atoms with Crippen LogP contribution in [0, 0.1) is 0 Å². The van der Waals surface area contributed by atoms with Gasteiger partial charge < -0.3 is 5.73 Å². The lowest BCUT2D eigenvalue weighted by Crippen LogP contribution is -2.03. The molecule has 112 valence electrons. The molecule has 0 fully saturated rings. The summed E-state index contributed by atoms with van der Waals surface area (Å²) in [7, 11) is 0. The maximum absolute atomic E-state index is 12.5. The fourth-order valence-corrected chi connectivity index (χ4v) is 2.11. The van der Waals surface area contributed by atoms with E-state index in [9.17, 15) is 13.2 Å². The lowest BCUT2D eigenvalue weighted by Gasteiger charge is -2.06. The van der Waals surface area contributed by atoms with Crippen LogP contribution in [0.3, 0.4) is 0 Å². The lowest BCUT2D eigenvalue weighted by molar-refractivity contribution is -0.137. The molecule has 1 heterocycles. The minimum absolute atomic E-state index is 0.641. The number of nitrogens with two attached hydrogens (primary N) is 1. The van der Waals surface area contributed by atoms with Gasteiger partial charge in [-0.25, -0.2) is 0 Å². The summed E-state index contributed by atoms with van der Waals surface area (Å²) >= 11 is 0. The van der Waals surface area contributed by atoms with E-state index in [0.29, 0.717) is 22.6 Å². The standard InChI is InChI=1S/C16H12F3N3/c17-16(18,19)12-5-1-10(2-6-12)14-9-15(22-21-14)11-3-7-13(20)8-4-11/h1-9H,20H2,(H,21,22). The average Bonchev–Trinajstić information content (AvgIpc) is 2.97. The second kappa shape index (κ2) is 5.22. The Labute approximate surface area is 124 Å². The Kier molecular flexibility index (Phi) is 3.36. The number of anilines is 1. The second-order valence-corrected chi connectivity index (χ2v) is 4.86. The molecule has 1 aromatic heterocycles. The molecule has 2 aromatic carbocycles. The second-order valence-electron chi connectivity index (χ2n) is 4.86. The van der Waals surface area contributed by atoms with E-state index in [2.05, 4.69) is 10.2 Å². The van der Waals surface area contributed by atoms with Gasteiger partial charge in [0, 0.05) is 11.3 Å². The van der Waals surface area contributed by atoms with Crippen molar-refractivity contribution in [1.29, 1.82) is 0 Å². The molecule has 0 aliphatic carbocycles. The van der Waals surface area contributed by atoms with Gasteiger partial charge in [0.1, 0.15) is 0 Å². The smallest absolute Gasteiger partial charge is 0.399 e. The van der Waals surface area contributed by atoms with Crippen molar-refractivity contribution >= 4 is 5.69 Å². The number of nitrogens with one attached hydrogen (secondary N) is 1. The fraction of sp³-hybridized carbons (Fsp3) is 0.0625. The summed E-state index contributed by atoms with van der Waals surface area (Å²) in [4.78, 5) is 0. The van der Waals surface area contributed by atoms with E-state index in [1.54, 1.807) is 18.2 Å². The van der Waals surface area contributed by atoms with Crippen molar-refractivity contribution in [3.63, 3.8) is 0 Å². The maximum Gasteiger partial charge on any atom is 0.416 e.